The quantitative estimate of drug-likeness (QED) is 0.724. The van der Waals surface area contributed by atoms with E-state index < -0.39 is 10.0 Å². The molecule has 1 aromatic heterocycles. The summed E-state index contributed by atoms with van der Waals surface area (Å²) in [5.74, 6) is 0.570. The molecule has 0 saturated carbocycles. The van der Waals surface area contributed by atoms with E-state index in [1.807, 2.05) is 19.1 Å². The smallest absolute Gasteiger partial charge is 0.264 e. The first kappa shape index (κ1) is 16.3. The molecule has 24 heavy (non-hydrogen) atoms. The zero-order valence-electron chi connectivity index (χ0n) is 13.7. The largest absolute Gasteiger partial charge is 0.449 e. The zero-order chi connectivity index (χ0) is 17.3. The normalized spacial score (nSPS) is 11.5. The van der Waals surface area contributed by atoms with Crippen molar-refractivity contribution in [1.82, 2.24) is 4.98 Å². The van der Waals surface area contributed by atoms with Crippen LogP contribution in [-0.2, 0) is 10.0 Å². The number of nitrogens with zero attached hydrogens (tertiary/aromatic N) is 2. The molecule has 2 aromatic carbocycles. The van der Waals surface area contributed by atoms with Crippen molar-refractivity contribution in [3.8, 4) is 11.3 Å². The van der Waals surface area contributed by atoms with Gasteiger partial charge in [0.15, 0.2) is 5.89 Å². The van der Waals surface area contributed by atoms with Crippen molar-refractivity contribution < 1.29 is 12.8 Å². The van der Waals surface area contributed by atoms with E-state index in [0.717, 1.165) is 11.1 Å². The number of hydrogen-bond donors (Lipinski definition) is 0. The third-order valence-electron chi connectivity index (χ3n) is 3.83. The molecule has 5 nitrogen and oxygen atoms in total. The molecule has 3 rings (SSSR count). The maximum Gasteiger partial charge on any atom is 0.264 e. The molecule has 0 atom stereocenters. The van der Waals surface area contributed by atoms with Crippen molar-refractivity contribution in [2.24, 2.45) is 0 Å². The maximum absolute atomic E-state index is 12.8. The molecule has 6 heteroatoms. The average Bonchev–Trinajstić information content (AvgIpc) is 3.01. The first-order chi connectivity index (χ1) is 11.4. The Hall–Kier alpha value is -2.60. The van der Waals surface area contributed by atoms with Gasteiger partial charge in [-0.05, 0) is 31.2 Å². The molecule has 0 fully saturated rings. The molecule has 0 radical (unpaired) electrons. The van der Waals surface area contributed by atoms with E-state index in [1.54, 1.807) is 56.6 Å². The number of aromatic nitrogens is 1. The number of oxazole rings is 1. The number of rotatable bonds is 4. The summed E-state index contributed by atoms with van der Waals surface area (Å²) in [4.78, 5) is 4.47. The predicted octanol–water partition coefficient (Wildman–Crippen LogP) is 3.78. The molecule has 0 bridgehead atoms. The minimum absolute atomic E-state index is 0.231. The minimum atomic E-state index is -3.61. The van der Waals surface area contributed by atoms with E-state index in [9.17, 15) is 8.42 Å². The lowest BCUT2D eigenvalue weighted by atomic mass is 10.2. The van der Waals surface area contributed by atoms with E-state index in [-0.39, 0.29) is 4.90 Å². The highest BCUT2D eigenvalue weighted by molar-refractivity contribution is 7.92. The van der Waals surface area contributed by atoms with Gasteiger partial charge in [0, 0.05) is 19.5 Å². The molecule has 124 valence electrons. The van der Waals surface area contributed by atoms with Crippen LogP contribution in [0.15, 0.2) is 64.1 Å². The first-order valence-electron chi connectivity index (χ1n) is 7.46. The molecule has 0 saturated heterocycles. The van der Waals surface area contributed by atoms with E-state index in [1.165, 1.54) is 4.31 Å². The summed E-state index contributed by atoms with van der Waals surface area (Å²) in [6.45, 7) is 3.72. The summed E-state index contributed by atoms with van der Waals surface area (Å²) >= 11 is 0. The van der Waals surface area contributed by atoms with Crippen molar-refractivity contribution in [2.45, 2.75) is 18.7 Å². The van der Waals surface area contributed by atoms with Crippen molar-refractivity contribution in [3.05, 3.63) is 66.2 Å². The Bertz CT molecular complexity index is 943. The van der Waals surface area contributed by atoms with E-state index in [2.05, 4.69) is 4.98 Å². The molecular formula is C18H18N2O3S. The van der Waals surface area contributed by atoms with Crippen LogP contribution in [0.4, 0.5) is 5.69 Å². The molecule has 0 aliphatic carbocycles. The highest BCUT2D eigenvalue weighted by Gasteiger charge is 2.21. The van der Waals surface area contributed by atoms with Gasteiger partial charge in [0.05, 0.1) is 10.6 Å². The van der Waals surface area contributed by atoms with Gasteiger partial charge in [0.25, 0.3) is 10.0 Å². The second kappa shape index (κ2) is 6.13. The lowest BCUT2D eigenvalue weighted by molar-refractivity contribution is 0.521. The van der Waals surface area contributed by atoms with Crippen molar-refractivity contribution in [2.75, 3.05) is 11.4 Å². The Morgan fingerprint density at radius 2 is 1.58 bits per heavy atom. The number of aryl methyl sites for hydroxylation is 2. The van der Waals surface area contributed by atoms with Gasteiger partial charge in [0.2, 0.25) is 0 Å². The lowest BCUT2D eigenvalue weighted by Crippen LogP contribution is -2.26. The van der Waals surface area contributed by atoms with Crippen LogP contribution < -0.4 is 4.31 Å². The maximum atomic E-state index is 12.8. The van der Waals surface area contributed by atoms with Gasteiger partial charge in [-0.25, -0.2) is 13.4 Å². The average molecular weight is 342 g/mol. The highest BCUT2D eigenvalue weighted by atomic mass is 32.2. The molecule has 3 aromatic rings. The molecule has 0 unspecified atom stereocenters. The number of anilines is 1. The number of sulfonamides is 1. The standard InChI is InChI=1S/C18H18N2O3S/c1-13-4-8-16(9-5-13)20(3)24(21,22)17-10-6-15(7-11-17)18-12-23-14(2)19-18/h4-12H,1-3H3. The second-order valence-corrected chi connectivity index (χ2v) is 7.55. The van der Waals surface area contributed by atoms with E-state index in [4.69, 9.17) is 4.42 Å². The van der Waals surface area contributed by atoms with Crippen LogP contribution in [0.5, 0.6) is 0 Å². The SMILES string of the molecule is Cc1ccc(N(C)S(=O)(=O)c2ccc(-c3coc(C)n3)cc2)cc1. The summed E-state index contributed by atoms with van der Waals surface area (Å²) in [7, 11) is -2.06. The molecular weight excluding hydrogens is 324 g/mol. The second-order valence-electron chi connectivity index (χ2n) is 5.58. The van der Waals surface area contributed by atoms with Crippen LogP contribution in [0.3, 0.4) is 0 Å². The summed E-state index contributed by atoms with van der Waals surface area (Å²) in [5.41, 5.74) is 3.20. The van der Waals surface area contributed by atoms with Gasteiger partial charge in [-0.1, -0.05) is 29.8 Å². The third kappa shape index (κ3) is 3.05. The van der Waals surface area contributed by atoms with Gasteiger partial charge >= 0.3 is 0 Å². The molecule has 0 N–H and O–H groups in total. The van der Waals surface area contributed by atoms with E-state index >= 15 is 0 Å². The van der Waals surface area contributed by atoms with Crippen molar-refractivity contribution in [3.63, 3.8) is 0 Å². The predicted molar refractivity (Wildman–Crippen MR) is 93.4 cm³/mol. The van der Waals surface area contributed by atoms with Crippen molar-refractivity contribution >= 4 is 15.7 Å². The van der Waals surface area contributed by atoms with Crippen LogP contribution in [0.1, 0.15) is 11.5 Å². The Morgan fingerprint density at radius 3 is 2.12 bits per heavy atom. The van der Waals surface area contributed by atoms with Gasteiger partial charge in [-0.2, -0.15) is 0 Å². The molecule has 0 aliphatic heterocycles. The van der Waals surface area contributed by atoms with Crippen LogP contribution in [-0.4, -0.2) is 20.4 Å². The van der Waals surface area contributed by atoms with Gasteiger partial charge in [0.1, 0.15) is 12.0 Å². The topological polar surface area (TPSA) is 63.4 Å². The summed E-state index contributed by atoms with van der Waals surface area (Å²) in [6.07, 6.45) is 1.55. The Kier molecular flexibility index (Phi) is 4.15. The molecule has 0 aliphatic rings. The van der Waals surface area contributed by atoms with E-state index in [0.29, 0.717) is 17.3 Å². The summed E-state index contributed by atoms with van der Waals surface area (Å²) < 4.78 is 32.0. The third-order valence-corrected chi connectivity index (χ3v) is 5.62. The number of benzene rings is 2. The molecule has 0 spiro atoms. The van der Waals surface area contributed by atoms with Gasteiger partial charge < -0.3 is 4.42 Å². The number of hydrogen-bond acceptors (Lipinski definition) is 4. The Labute approximate surface area is 141 Å². The van der Waals surface area contributed by atoms with Gasteiger partial charge in [-0.3, -0.25) is 4.31 Å². The van der Waals surface area contributed by atoms with Crippen LogP contribution in [0.25, 0.3) is 11.3 Å². The van der Waals surface area contributed by atoms with Crippen LogP contribution >= 0.6 is 0 Å². The molecule has 1 heterocycles. The van der Waals surface area contributed by atoms with Crippen molar-refractivity contribution in [1.29, 1.82) is 0 Å². The zero-order valence-corrected chi connectivity index (χ0v) is 14.5. The summed E-state index contributed by atoms with van der Waals surface area (Å²) in [6, 6.07) is 14.0. The summed E-state index contributed by atoms with van der Waals surface area (Å²) in [5, 5.41) is 0. The fourth-order valence-corrected chi connectivity index (χ4v) is 3.54. The fraction of sp³-hybridized carbons (Fsp3) is 0.167. The lowest BCUT2D eigenvalue weighted by Gasteiger charge is -2.19. The minimum Gasteiger partial charge on any atom is -0.449 e. The molecule has 0 amide bonds. The van der Waals surface area contributed by atoms with Gasteiger partial charge in [-0.15, -0.1) is 0 Å². The highest BCUT2D eigenvalue weighted by Crippen LogP contribution is 2.25. The first-order valence-corrected chi connectivity index (χ1v) is 8.90. The fourth-order valence-electron chi connectivity index (χ4n) is 2.35. The Morgan fingerprint density at radius 1 is 0.958 bits per heavy atom. The van der Waals surface area contributed by atoms with Crippen LogP contribution in [0, 0.1) is 13.8 Å². The monoisotopic (exact) mass is 342 g/mol. The Balaban J connectivity index is 1.90. The van der Waals surface area contributed by atoms with Crippen LogP contribution in [0.2, 0.25) is 0 Å².